The summed E-state index contributed by atoms with van der Waals surface area (Å²) in [6, 6.07) is 0. The standard InChI is InChI=1S/C9H13/c1-8-5-4-6-9(2,3)7-8/h4-5,7H,2,6H2,1,3H3. The van der Waals surface area contributed by atoms with Crippen molar-refractivity contribution in [1.29, 1.82) is 0 Å². The normalized spacial score (nSPS) is 23.7. The van der Waals surface area contributed by atoms with Gasteiger partial charge in [-0.2, -0.15) is 0 Å². The molecule has 0 nitrogen and oxygen atoms in total. The highest BCUT2D eigenvalue weighted by Crippen LogP contribution is 2.27. The van der Waals surface area contributed by atoms with Crippen LogP contribution < -0.4 is 0 Å². The van der Waals surface area contributed by atoms with Crippen LogP contribution >= 0.6 is 0 Å². The van der Waals surface area contributed by atoms with Crippen LogP contribution in [0.2, 0.25) is 0 Å². The van der Waals surface area contributed by atoms with Crippen molar-refractivity contribution < 1.29 is 0 Å². The highest BCUT2D eigenvalue weighted by molar-refractivity contribution is 5.25. The fourth-order valence-electron chi connectivity index (χ4n) is 1.17. The van der Waals surface area contributed by atoms with Gasteiger partial charge in [-0.15, -0.1) is 0 Å². The average Bonchev–Trinajstić information content (AvgIpc) is 1.60. The van der Waals surface area contributed by atoms with Gasteiger partial charge >= 0.3 is 0 Å². The van der Waals surface area contributed by atoms with E-state index in [-0.39, 0.29) is 5.41 Å². The number of allylic oxidation sites excluding steroid dienone is 4. The van der Waals surface area contributed by atoms with Gasteiger partial charge in [0.2, 0.25) is 0 Å². The van der Waals surface area contributed by atoms with Crippen molar-refractivity contribution in [3.05, 3.63) is 30.7 Å². The maximum atomic E-state index is 4.05. The monoisotopic (exact) mass is 121 g/mol. The summed E-state index contributed by atoms with van der Waals surface area (Å²) < 4.78 is 0. The molecule has 1 unspecified atom stereocenters. The largest absolute Gasteiger partial charge is 0.0834 e. The van der Waals surface area contributed by atoms with Gasteiger partial charge in [0.1, 0.15) is 0 Å². The second-order valence-corrected chi connectivity index (χ2v) is 3.15. The lowest BCUT2D eigenvalue weighted by Crippen LogP contribution is -2.09. The van der Waals surface area contributed by atoms with Gasteiger partial charge in [-0.05, 0) is 25.7 Å². The lowest BCUT2D eigenvalue weighted by Gasteiger charge is -2.21. The third-order valence-electron chi connectivity index (χ3n) is 1.54. The van der Waals surface area contributed by atoms with E-state index in [0.29, 0.717) is 0 Å². The molecule has 0 aliphatic heterocycles. The summed E-state index contributed by atoms with van der Waals surface area (Å²) in [5.74, 6) is 0. The molecule has 1 rings (SSSR count). The molecule has 0 saturated heterocycles. The van der Waals surface area contributed by atoms with E-state index < -0.39 is 0 Å². The molecular formula is C9H13. The first-order chi connectivity index (χ1) is 4.10. The molecule has 0 N–H and O–H groups in total. The Morgan fingerprint density at radius 1 is 1.67 bits per heavy atom. The molecule has 0 spiro atoms. The highest BCUT2D eigenvalue weighted by atomic mass is 14.2. The summed E-state index contributed by atoms with van der Waals surface area (Å²) in [4.78, 5) is 0. The van der Waals surface area contributed by atoms with Crippen LogP contribution in [0, 0.1) is 12.3 Å². The SMILES string of the molecule is [CH2]C1(C)C=C(C)C=CC1. The van der Waals surface area contributed by atoms with Crippen LogP contribution in [0.25, 0.3) is 0 Å². The minimum absolute atomic E-state index is 0.152. The van der Waals surface area contributed by atoms with E-state index in [1.54, 1.807) is 0 Å². The van der Waals surface area contributed by atoms with Gasteiger partial charge in [0, 0.05) is 0 Å². The number of hydrogen-bond acceptors (Lipinski definition) is 0. The minimum Gasteiger partial charge on any atom is -0.0834 e. The number of hydrogen-bond donors (Lipinski definition) is 0. The third kappa shape index (κ3) is 1.70. The van der Waals surface area contributed by atoms with Crippen LogP contribution in [0.1, 0.15) is 20.3 Å². The van der Waals surface area contributed by atoms with Crippen molar-refractivity contribution in [2.45, 2.75) is 20.3 Å². The number of rotatable bonds is 0. The lowest BCUT2D eigenvalue weighted by atomic mass is 9.84. The second kappa shape index (κ2) is 2.02. The van der Waals surface area contributed by atoms with Gasteiger partial charge in [-0.25, -0.2) is 0 Å². The predicted molar refractivity (Wildman–Crippen MR) is 41.0 cm³/mol. The Labute approximate surface area is 57.3 Å². The van der Waals surface area contributed by atoms with E-state index >= 15 is 0 Å². The van der Waals surface area contributed by atoms with Gasteiger partial charge in [0.15, 0.2) is 0 Å². The van der Waals surface area contributed by atoms with E-state index in [9.17, 15) is 0 Å². The summed E-state index contributed by atoms with van der Waals surface area (Å²) in [7, 11) is 0. The maximum Gasteiger partial charge on any atom is -0.0106 e. The Kier molecular flexibility index (Phi) is 1.48. The summed E-state index contributed by atoms with van der Waals surface area (Å²) in [6.45, 7) is 8.32. The maximum absolute atomic E-state index is 4.05. The van der Waals surface area contributed by atoms with Crippen molar-refractivity contribution in [2.75, 3.05) is 0 Å². The summed E-state index contributed by atoms with van der Waals surface area (Å²) in [6.07, 6.45) is 7.62. The molecule has 0 saturated carbocycles. The van der Waals surface area contributed by atoms with Crippen LogP contribution in [-0.2, 0) is 0 Å². The Morgan fingerprint density at radius 3 is 2.67 bits per heavy atom. The predicted octanol–water partition coefficient (Wildman–Crippen LogP) is 2.73. The second-order valence-electron chi connectivity index (χ2n) is 3.15. The Balaban J connectivity index is 2.78. The molecule has 49 valence electrons. The van der Waals surface area contributed by atoms with Gasteiger partial charge in [-0.1, -0.05) is 30.7 Å². The first kappa shape index (κ1) is 6.60. The molecular weight excluding hydrogens is 108 g/mol. The van der Waals surface area contributed by atoms with Crippen molar-refractivity contribution in [2.24, 2.45) is 5.41 Å². The first-order valence-electron chi connectivity index (χ1n) is 3.31. The van der Waals surface area contributed by atoms with Crippen molar-refractivity contribution in [3.8, 4) is 0 Å². The smallest absolute Gasteiger partial charge is 0.0106 e. The molecule has 1 aliphatic carbocycles. The van der Waals surface area contributed by atoms with Gasteiger partial charge in [-0.3, -0.25) is 0 Å². The molecule has 0 heteroatoms. The quantitative estimate of drug-likeness (QED) is 0.462. The Morgan fingerprint density at radius 2 is 2.33 bits per heavy atom. The Hall–Kier alpha value is -0.520. The molecule has 0 aromatic carbocycles. The van der Waals surface area contributed by atoms with Crippen LogP contribution in [0.5, 0.6) is 0 Å². The van der Waals surface area contributed by atoms with Crippen molar-refractivity contribution in [3.63, 3.8) is 0 Å². The zero-order valence-corrected chi connectivity index (χ0v) is 6.15. The van der Waals surface area contributed by atoms with Crippen molar-refractivity contribution >= 4 is 0 Å². The zero-order chi connectivity index (χ0) is 6.91. The van der Waals surface area contributed by atoms with E-state index in [1.807, 2.05) is 0 Å². The fourth-order valence-corrected chi connectivity index (χ4v) is 1.17. The zero-order valence-electron chi connectivity index (χ0n) is 6.15. The van der Waals surface area contributed by atoms with E-state index in [2.05, 4.69) is 39.0 Å². The van der Waals surface area contributed by atoms with Crippen molar-refractivity contribution in [1.82, 2.24) is 0 Å². The molecule has 1 radical (unpaired) electrons. The van der Waals surface area contributed by atoms with Gasteiger partial charge in [0.25, 0.3) is 0 Å². The van der Waals surface area contributed by atoms with Crippen LogP contribution in [0.3, 0.4) is 0 Å². The van der Waals surface area contributed by atoms with E-state index in [4.69, 9.17) is 0 Å². The Bertz CT molecular complexity index is 159. The molecule has 9 heavy (non-hydrogen) atoms. The van der Waals surface area contributed by atoms with E-state index in [1.165, 1.54) is 5.57 Å². The molecule has 1 aliphatic rings. The first-order valence-corrected chi connectivity index (χ1v) is 3.31. The molecule has 0 bridgehead atoms. The molecule has 0 heterocycles. The summed E-state index contributed by atoms with van der Waals surface area (Å²) in [5, 5.41) is 0. The molecule has 0 fully saturated rings. The van der Waals surface area contributed by atoms with Gasteiger partial charge < -0.3 is 0 Å². The lowest BCUT2D eigenvalue weighted by molar-refractivity contribution is 0.547. The molecule has 1 atom stereocenters. The molecule has 0 amide bonds. The van der Waals surface area contributed by atoms with Crippen LogP contribution in [0.4, 0.5) is 0 Å². The fraction of sp³-hybridized carbons (Fsp3) is 0.444. The molecule has 0 aromatic rings. The van der Waals surface area contributed by atoms with Crippen LogP contribution in [-0.4, -0.2) is 0 Å². The van der Waals surface area contributed by atoms with E-state index in [0.717, 1.165) is 6.42 Å². The average molecular weight is 121 g/mol. The van der Waals surface area contributed by atoms with Gasteiger partial charge in [0.05, 0.1) is 0 Å². The highest BCUT2D eigenvalue weighted by Gasteiger charge is 2.14. The minimum atomic E-state index is 0.152. The molecule has 0 aromatic heterocycles. The summed E-state index contributed by atoms with van der Waals surface area (Å²) >= 11 is 0. The van der Waals surface area contributed by atoms with Crippen LogP contribution in [0.15, 0.2) is 23.8 Å². The topological polar surface area (TPSA) is 0 Å². The third-order valence-corrected chi connectivity index (χ3v) is 1.54. The summed E-state index contributed by atoms with van der Waals surface area (Å²) in [5.41, 5.74) is 1.48.